The molecule has 0 N–H and O–H groups in total. The lowest BCUT2D eigenvalue weighted by atomic mass is 10.0. The first-order valence-corrected chi connectivity index (χ1v) is 11.0. The number of para-hydroxylation sites is 1. The van der Waals surface area contributed by atoms with E-state index >= 15 is 0 Å². The van der Waals surface area contributed by atoms with Crippen molar-refractivity contribution in [1.29, 1.82) is 0 Å². The summed E-state index contributed by atoms with van der Waals surface area (Å²) in [6.45, 7) is 8.15. The van der Waals surface area contributed by atoms with Crippen molar-refractivity contribution in [1.82, 2.24) is 14.9 Å². The lowest BCUT2D eigenvalue weighted by Gasteiger charge is -2.36. The quantitative estimate of drug-likeness (QED) is 0.657. The number of anilines is 3. The summed E-state index contributed by atoms with van der Waals surface area (Å²) in [5.41, 5.74) is 4.09. The maximum Gasteiger partial charge on any atom is 0.138 e. The Morgan fingerprint density at radius 3 is 2.37 bits per heavy atom. The van der Waals surface area contributed by atoms with Gasteiger partial charge in [-0.15, -0.1) is 0 Å². The van der Waals surface area contributed by atoms with Gasteiger partial charge >= 0.3 is 0 Å². The van der Waals surface area contributed by atoms with Gasteiger partial charge in [0.2, 0.25) is 0 Å². The Kier molecular flexibility index (Phi) is 5.37. The molecule has 0 radical (unpaired) electrons. The van der Waals surface area contributed by atoms with Gasteiger partial charge in [-0.05, 0) is 37.0 Å². The Morgan fingerprint density at radius 2 is 1.53 bits per heavy atom. The van der Waals surface area contributed by atoms with E-state index in [1.807, 2.05) is 6.92 Å². The van der Waals surface area contributed by atoms with Crippen LogP contribution in [0.25, 0.3) is 0 Å². The fraction of sp³-hybridized carbons (Fsp3) is 0.360. The minimum absolute atomic E-state index is 0.845. The summed E-state index contributed by atoms with van der Waals surface area (Å²) in [4.78, 5) is 16.9. The summed E-state index contributed by atoms with van der Waals surface area (Å²) >= 11 is 0. The van der Waals surface area contributed by atoms with Crippen LogP contribution in [0.5, 0.6) is 0 Å². The maximum absolute atomic E-state index is 4.80. The molecule has 5 heteroatoms. The second kappa shape index (κ2) is 8.44. The third-order valence-electron chi connectivity index (χ3n) is 6.14. The number of benzene rings is 2. The van der Waals surface area contributed by atoms with Crippen molar-refractivity contribution in [3.63, 3.8) is 0 Å². The number of piperazine rings is 1. The molecule has 0 saturated carbocycles. The zero-order valence-electron chi connectivity index (χ0n) is 17.7. The average molecular weight is 400 g/mol. The molecule has 0 atom stereocenters. The van der Waals surface area contributed by atoms with Crippen molar-refractivity contribution >= 4 is 17.3 Å². The summed E-state index contributed by atoms with van der Waals surface area (Å²) in [7, 11) is 0. The minimum atomic E-state index is 0.845. The molecule has 3 aromatic rings. The summed E-state index contributed by atoms with van der Waals surface area (Å²) in [5.74, 6) is 2.92. The van der Waals surface area contributed by atoms with Crippen molar-refractivity contribution in [2.45, 2.75) is 26.3 Å². The molecule has 0 unspecified atom stereocenters. The molecule has 5 nitrogen and oxygen atoms in total. The van der Waals surface area contributed by atoms with Gasteiger partial charge in [-0.25, -0.2) is 9.97 Å². The van der Waals surface area contributed by atoms with Gasteiger partial charge in [-0.3, -0.25) is 4.90 Å². The second-order valence-electron chi connectivity index (χ2n) is 8.26. The van der Waals surface area contributed by atoms with Gasteiger partial charge in [0.25, 0.3) is 0 Å². The van der Waals surface area contributed by atoms with Crippen LogP contribution in [-0.2, 0) is 13.0 Å². The van der Waals surface area contributed by atoms with Crippen LogP contribution in [0.15, 0.2) is 60.7 Å². The molecule has 2 aliphatic rings. The molecular weight excluding hydrogens is 370 g/mol. The van der Waals surface area contributed by atoms with Crippen molar-refractivity contribution in [3.8, 4) is 0 Å². The third kappa shape index (κ3) is 4.03. The van der Waals surface area contributed by atoms with Gasteiger partial charge < -0.3 is 9.80 Å². The van der Waals surface area contributed by atoms with Crippen LogP contribution in [0.1, 0.15) is 23.4 Å². The molecule has 154 valence electrons. The average Bonchev–Trinajstić information content (AvgIpc) is 2.79. The normalized spacial score (nSPS) is 17.1. The molecule has 0 spiro atoms. The van der Waals surface area contributed by atoms with Crippen LogP contribution in [0, 0.1) is 6.92 Å². The summed E-state index contributed by atoms with van der Waals surface area (Å²) in [6.07, 6.45) is 2.31. The van der Waals surface area contributed by atoms with Crippen molar-refractivity contribution in [2.24, 2.45) is 0 Å². The van der Waals surface area contributed by atoms with E-state index in [1.54, 1.807) is 0 Å². The van der Waals surface area contributed by atoms with Crippen molar-refractivity contribution < 1.29 is 0 Å². The van der Waals surface area contributed by atoms with Crippen LogP contribution in [-0.4, -0.2) is 47.6 Å². The topological polar surface area (TPSA) is 35.5 Å². The molecule has 5 rings (SSSR count). The van der Waals surface area contributed by atoms with Gasteiger partial charge in [0, 0.05) is 51.0 Å². The number of hydrogen-bond acceptors (Lipinski definition) is 5. The predicted molar refractivity (Wildman–Crippen MR) is 122 cm³/mol. The van der Waals surface area contributed by atoms with Crippen LogP contribution < -0.4 is 9.80 Å². The van der Waals surface area contributed by atoms with E-state index in [1.165, 1.54) is 16.8 Å². The largest absolute Gasteiger partial charge is 0.354 e. The molecule has 30 heavy (non-hydrogen) atoms. The van der Waals surface area contributed by atoms with E-state index in [0.29, 0.717) is 0 Å². The highest BCUT2D eigenvalue weighted by Crippen LogP contribution is 2.33. The molecule has 1 fully saturated rings. The standard InChI is InChI=1S/C25H29N5/c1-20-26-24(29-16-14-28(15-17-29)19-21-8-3-2-4-9-21)18-25(27-20)30-13-7-11-22-10-5-6-12-23(22)30/h2-6,8-10,12,18H,7,11,13-17,19H2,1H3. The van der Waals surface area contributed by atoms with Gasteiger partial charge in [-0.2, -0.15) is 0 Å². The van der Waals surface area contributed by atoms with Crippen LogP contribution in [0.3, 0.4) is 0 Å². The van der Waals surface area contributed by atoms with Crippen molar-refractivity contribution in [2.75, 3.05) is 42.5 Å². The van der Waals surface area contributed by atoms with E-state index in [9.17, 15) is 0 Å². The Balaban J connectivity index is 1.32. The predicted octanol–water partition coefficient (Wildman–Crippen LogP) is 4.19. The molecule has 2 aliphatic heterocycles. The monoisotopic (exact) mass is 399 g/mol. The molecule has 3 heterocycles. The fourth-order valence-electron chi connectivity index (χ4n) is 4.59. The lowest BCUT2D eigenvalue weighted by molar-refractivity contribution is 0.249. The molecule has 1 aromatic heterocycles. The molecule has 0 aliphatic carbocycles. The molecule has 2 aromatic carbocycles. The van der Waals surface area contributed by atoms with E-state index in [0.717, 1.165) is 69.6 Å². The summed E-state index contributed by atoms with van der Waals surface area (Å²) in [6, 6.07) is 21.6. The zero-order chi connectivity index (χ0) is 20.3. The number of rotatable bonds is 4. The first-order valence-electron chi connectivity index (χ1n) is 11.0. The number of hydrogen-bond donors (Lipinski definition) is 0. The molecular formula is C25H29N5. The first kappa shape index (κ1) is 19.1. The maximum atomic E-state index is 4.80. The number of fused-ring (bicyclic) bond motifs is 1. The van der Waals surface area contributed by atoms with E-state index in [4.69, 9.17) is 9.97 Å². The minimum Gasteiger partial charge on any atom is -0.354 e. The van der Waals surface area contributed by atoms with E-state index in [2.05, 4.69) is 75.4 Å². The SMILES string of the molecule is Cc1nc(N2CCN(Cc3ccccc3)CC2)cc(N2CCCc3ccccc32)n1. The molecule has 0 bridgehead atoms. The fourth-order valence-corrected chi connectivity index (χ4v) is 4.59. The second-order valence-corrected chi connectivity index (χ2v) is 8.26. The van der Waals surface area contributed by atoms with E-state index in [-0.39, 0.29) is 0 Å². The Labute approximate surface area is 179 Å². The van der Waals surface area contributed by atoms with Crippen LogP contribution in [0.4, 0.5) is 17.3 Å². The number of nitrogens with zero attached hydrogens (tertiary/aromatic N) is 5. The van der Waals surface area contributed by atoms with Gasteiger partial charge in [0.15, 0.2) is 0 Å². The van der Waals surface area contributed by atoms with E-state index < -0.39 is 0 Å². The van der Waals surface area contributed by atoms with Crippen LogP contribution >= 0.6 is 0 Å². The Bertz CT molecular complexity index is 995. The van der Waals surface area contributed by atoms with Crippen molar-refractivity contribution in [3.05, 3.63) is 77.6 Å². The molecule has 1 saturated heterocycles. The summed E-state index contributed by atoms with van der Waals surface area (Å²) in [5, 5.41) is 0. The highest BCUT2D eigenvalue weighted by Gasteiger charge is 2.23. The highest BCUT2D eigenvalue weighted by molar-refractivity contribution is 5.67. The van der Waals surface area contributed by atoms with Crippen LogP contribution in [0.2, 0.25) is 0 Å². The zero-order valence-corrected chi connectivity index (χ0v) is 17.7. The highest BCUT2D eigenvalue weighted by atomic mass is 15.3. The summed E-state index contributed by atoms with van der Waals surface area (Å²) < 4.78 is 0. The Hall–Kier alpha value is -2.92. The smallest absolute Gasteiger partial charge is 0.138 e. The van der Waals surface area contributed by atoms with Gasteiger partial charge in [0.1, 0.15) is 17.5 Å². The number of aromatic nitrogens is 2. The Morgan fingerprint density at radius 1 is 0.800 bits per heavy atom. The van der Waals surface area contributed by atoms with Gasteiger partial charge in [-0.1, -0.05) is 48.5 Å². The van der Waals surface area contributed by atoms with Gasteiger partial charge in [0.05, 0.1) is 0 Å². The number of aryl methyl sites for hydroxylation is 2. The lowest BCUT2D eigenvalue weighted by Crippen LogP contribution is -2.46. The third-order valence-corrected chi connectivity index (χ3v) is 6.14. The molecule has 0 amide bonds. The first-order chi connectivity index (χ1) is 14.8.